The summed E-state index contributed by atoms with van der Waals surface area (Å²) >= 11 is 0. The lowest BCUT2D eigenvalue weighted by Gasteiger charge is -2.46. The van der Waals surface area contributed by atoms with E-state index in [2.05, 4.69) is 31.0 Å². The number of nitrogens with zero attached hydrogens (tertiary/aromatic N) is 1. The Hall–Kier alpha value is -0.0800. The molecule has 100 valence electrons. The van der Waals surface area contributed by atoms with Crippen molar-refractivity contribution < 1.29 is 0 Å². The highest BCUT2D eigenvalue weighted by Gasteiger charge is 2.34. The van der Waals surface area contributed by atoms with E-state index in [0.717, 1.165) is 12.0 Å². The minimum atomic E-state index is 0.359. The van der Waals surface area contributed by atoms with Crippen LogP contribution in [0.5, 0.6) is 0 Å². The lowest BCUT2D eigenvalue weighted by Crippen LogP contribution is -2.61. The highest BCUT2D eigenvalue weighted by Crippen LogP contribution is 2.31. The van der Waals surface area contributed by atoms with Crippen molar-refractivity contribution in [1.82, 2.24) is 10.2 Å². The van der Waals surface area contributed by atoms with E-state index in [1.807, 2.05) is 0 Å². The largest absolute Gasteiger partial charge is 0.309 e. The number of piperazine rings is 1. The van der Waals surface area contributed by atoms with Crippen LogP contribution in [0.25, 0.3) is 0 Å². The molecule has 2 heteroatoms. The first-order valence-corrected chi connectivity index (χ1v) is 7.66. The van der Waals surface area contributed by atoms with Crippen LogP contribution in [0.2, 0.25) is 0 Å². The monoisotopic (exact) mass is 238 g/mol. The first-order valence-electron chi connectivity index (χ1n) is 7.66. The lowest BCUT2D eigenvalue weighted by molar-refractivity contribution is 0.0652. The molecule has 2 nitrogen and oxygen atoms in total. The predicted molar refractivity (Wildman–Crippen MR) is 74.3 cm³/mol. The molecule has 2 aliphatic rings. The summed E-state index contributed by atoms with van der Waals surface area (Å²) in [6.45, 7) is 10.8. The van der Waals surface area contributed by atoms with Gasteiger partial charge in [0, 0.05) is 31.2 Å². The fraction of sp³-hybridized carbons (Fsp3) is 1.00. The molecule has 2 fully saturated rings. The molecule has 1 saturated heterocycles. The minimum absolute atomic E-state index is 0.359. The highest BCUT2D eigenvalue weighted by molar-refractivity contribution is 4.93. The third-order valence-corrected chi connectivity index (χ3v) is 5.13. The van der Waals surface area contributed by atoms with Crippen LogP contribution in [-0.2, 0) is 0 Å². The lowest BCUT2D eigenvalue weighted by atomic mass is 9.82. The third kappa shape index (κ3) is 3.23. The van der Waals surface area contributed by atoms with E-state index < -0.39 is 0 Å². The van der Waals surface area contributed by atoms with Gasteiger partial charge in [-0.25, -0.2) is 0 Å². The normalized spacial score (nSPS) is 40.4. The summed E-state index contributed by atoms with van der Waals surface area (Å²) in [6, 6.07) is 0.877. The zero-order chi connectivity index (χ0) is 12.3. The van der Waals surface area contributed by atoms with Crippen LogP contribution < -0.4 is 5.32 Å². The van der Waals surface area contributed by atoms with Crippen LogP contribution in [0.15, 0.2) is 0 Å². The van der Waals surface area contributed by atoms with Crippen LogP contribution in [-0.4, -0.2) is 36.1 Å². The Morgan fingerprint density at radius 2 is 2.12 bits per heavy atom. The summed E-state index contributed by atoms with van der Waals surface area (Å²) in [5, 5.41) is 3.70. The summed E-state index contributed by atoms with van der Waals surface area (Å²) in [7, 11) is 0. The standard InChI is InChI=1S/C15H30N2/c1-4-13-7-6-8-14(11-13)17-10-9-16-15(3,5-2)12-17/h13-14,16H,4-12H2,1-3H3. The second kappa shape index (κ2) is 5.71. The molecule has 17 heavy (non-hydrogen) atoms. The maximum absolute atomic E-state index is 3.70. The van der Waals surface area contributed by atoms with Gasteiger partial charge in [0.1, 0.15) is 0 Å². The molecule has 0 bridgehead atoms. The maximum Gasteiger partial charge on any atom is 0.0278 e. The van der Waals surface area contributed by atoms with E-state index in [0.29, 0.717) is 5.54 Å². The molecule has 0 amide bonds. The molecule has 1 aliphatic heterocycles. The highest BCUT2D eigenvalue weighted by atomic mass is 15.2. The van der Waals surface area contributed by atoms with Gasteiger partial charge in [0.25, 0.3) is 0 Å². The first kappa shape index (κ1) is 13.4. The van der Waals surface area contributed by atoms with Crippen molar-refractivity contribution in [3.05, 3.63) is 0 Å². The van der Waals surface area contributed by atoms with E-state index in [9.17, 15) is 0 Å². The molecule has 1 heterocycles. The van der Waals surface area contributed by atoms with Crippen LogP contribution in [0.4, 0.5) is 0 Å². The smallest absolute Gasteiger partial charge is 0.0278 e. The summed E-state index contributed by atoms with van der Waals surface area (Å²) in [5.74, 6) is 0.997. The molecule has 1 saturated carbocycles. The Labute approximate surface area is 107 Å². The molecule has 0 aromatic rings. The molecule has 3 atom stereocenters. The van der Waals surface area contributed by atoms with E-state index in [1.54, 1.807) is 0 Å². The van der Waals surface area contributed by atoms with Crippen LogP contribution >= 0.6 is 0 Å². The molecule has 1 aliphatic carbocycles. The molecule has 1 N–H and O–H groups in total. The number of hydrogen-bond acceptors (Lipinski definition) is 2. The third-order valence-electron chi connectivity index (χ3n) is 5.13. The minimum Gasteiger partial charge on any atom is -0.309 e. The Morgan fingerprint density at radius 1 is 1.29 bits per heavy atom. The van der Waals surface area contributed by atoms with Gasteiger partial charge in [-0.1, -0.05) is 33.1 Å². The fourth-order valence-electron chi connectivity index (χ4n) is 3.60. The summed E-state index contributed by atoms with van der Waals surface area (Å²) in [5.41, 5.74) is 0.359. The van der Waals surface area contributed by atoms with Crippen molar-refractivity contribution in [2.24, 2.45) is 5.92 Å². The Balaban J connectivity index is 1.92. The summed E-state index contributed by atoms with van der Waals surface area (Å²) in [4.78, 5) is 2.78. The zero-order valence-corrected chi connectivity index (χ0v) is 12.0. The van der Waals surface area contributed by atoms with Crippen molar-refractivity contribution in [1.29, 1.82) is 0 Å². The molecule has 0 aromatic carbocycles. The van der Waals surface area contributed by atoms with Crippen molar-refractivity contribution in [2.75, 3.05) is 19.6 Å². The summed E-state index contributed by atoms with van der Waals surface area (Å²) < 4.78 is 0. The Morgan fingerprint density at radius 3 is 2.82 bits per heavy atom. The predicted octanol–water partition coefficient (Wildman–Crippen LogP) is 3.03. The molecule has 0 radical (unpaired) electrons. The van der Waals surface area contributed by atoms with Gasteiger partial charge in [0.2, 0.25) is 0 Å². The van der Waals surface area contributed by atoms with Crippen molar-refractivity contribution >= 4 is 0 Å². The maximum atomic E-state index is 3.70. The van der Waals surface area contributed by atoms with Crippen molar-refractivity contribution in [3.63, 3.8) is 0 Å². The summed E-state index contributed by atoms with van der Waals surface area (Å²) in [6.07, 6.45) is 8.45. The Bertz CT molecular complexity index is 241. The molecule has 0 spiro atoms. The van der Waals surface area contributed by atoms with Gasteiger partial charge in [0.15, 0.2) is 0 Å². The second-order valence-corrected chi connectivity index (χ2v) is 6.41. The van der Waals surface area contributed by atoms with Gasteiger partial charge in [-0.05, 0) is 32.1 Å². The average molecular weight is 238 g/mol. The van der Waals surface area contributed by atoms with Crippen LogP contribution in [0.1, 0.15) is 59.3 Å². The van der Waals surface area contributed by atoms with Crippen LogP contribution in [0.3, 0.4) is 0 Å². The van der Waals surface area contributed by atoms with Gasteiger partial charge in [-0.3, -0.25) is 4.90 Å². The average Bonchev–Trinajstić information content (AvgIpc) is 2.39. The van der Waals surface area contributed by atoms with E-state index in [1.165, 1.54) is 58.2 Å². The molecule has 0 aromatic heterocycles. The second-order valence-electron chi connectivity index (χ2n) is 6.41. The molecule has 2 rings (SSSR count). The fourth-order valence-corrected chi connectivity index (χ4v) is 3.60. The van der Waals surface area contributed by atoms with Gasteiger partial charge in [0.05, 0.1) is 0 Å². The van der Waals surface area contributed by atoms with Crippen molar-refractivity contribution in [3.8, 4) is 0 Å². The SMILES string of the molecule is CCC1CCCC(N2CCNC(C)(CC)C2)C1. The molecular formula is C15H30N2. The molecule has 3 unspecified atom stereocenters. The van der Waals surface area contributed by atoms with Crippen molar-refractivity contribution in [2.45, 2.75) is 70.9 Å². The van der Waals surface area contributed by atoms with E-state index >= 15 is 0 Å². The number of hydrogen-bond donors (Lipinski definition) is 1. The van der Waals surface area contributed by atoms with E-state index in [4.69, 9.17) is 0 Å². The number of nitrogens with one attached hydrogen (secondary N) is 1. The van der Waals surface area contributed by atoms with Gasteiger partial charge in [-0.15, -0.1) is 0 Å². The van der Waals surface area contributed by atoms with Gasteiger partial charge >= 0.3 is 0 Å². The molecular weight excluding hydrogens is 208 g/mol. The van der Waals surface area contributed by atoms with Crippen LogP contribution in [0, 0.1) is 5.92 Å². The first-order chi connectivity index (χ1) is 8.17. The quantitative estimate of drug-likeness (QED) is 0.813. The van der Waals surface area contributed by atoms with E-state index in [-0.39, 0.29) is 0 Å². The topological polar surface area (TPSA) is 15.3 Å². The van der Waals surface area contributed by atoms with Gasteiger partial charge in [-0.2, -0.15) is 0 Å². The Kier molecular flexibility index (Phi) is 4.48. The van der Waals surface area contributed by atoms with Gasteiger partial charge < -0.3 is 5.32 Å². The number of rotatable bonds is 3. The zero-order valence-electron chi connectivity index (χ0n) is 12.0.